The molecule has 1 aromatic carbocycles. The fourth-order valence-electron chi connectivity index (χ4n) is 1.25. The van der Waals surface area contributed by atoms with Gasteiger partial charge in [-0.3, -0.25) is 0 Å². The van der Waals surface area contributed by atoms with Gasteiger partial charge in [-0.05, 0) is 18.6 Å². The monoisotopic (exact) mass is 189 g/mol. The third-order valence-electron chi connectivity index (χ3n) is 2.05. The predicted molar refractivity (Wildman–Crippen MR) is 53.0 cm³/mol. The normalized spacial score (nSPS) is 10.4. The number of rotatable bonds is 2. The van der Waals surface area contributed by atoms with E-state index in [1.807, 2.05) is 13.0 Å². The largest absolute Gasteiger partial charge is 0.507 e. The van der Waals surface area contributed by atoms with Crippen LogP contribution in [0.2, 0.25) is 0 Å². The van der Waals surface area contributed by atoms with Crippen molar-refractivity contribution in [1.29, 1.82) is 0 Å². The molecular weight excluding hydrogens is 178 g/mol. The molecule has 72 valence electrons. The summed E-state index contributed by atoms with van der Waals surface area (Å²) >= 11 is 0. The van der Waals surface area contributed by atoms with E-state index in [9.17, 15) is 5.11 Å². The highest BCUT2D eigenvalue weighted by atomic mass is 16.3. The lowest BCUT2D eigenvalue weighted by Gasteiger charge is -1.97. The van der Waals surface area contributed by atoms with Crippen LogP contribution in [0.25, 0.3) is 11.5 Å². The van der Waals surface area contributed by atoms with Gasteiger partial charge >= 0.3 is 0 Å². The van der Waals surface area contributed by atoms with E-state index in [4.69, 9.17) is 4.42 Å². The molecule has 0 radical (unpaired) electrons. The number of aromatic hydroxyl groups is 1. The highest BCUT2D eigenvalue weighted by Crippen LogP contribution is 2.27. The van der Waals surface area contributed by atoms with Crippen LogP contribution in [0, 0.1) is 0 Å². The molecule has 3 heteroatoms. The van der Waals surface area contributed by atoms with Crippen molar-refractivity contribution in [3.8, 4) is 17.2 Å². The number of phenolic OH excluding ortho intramolecular Hbond substituents is 1. The second kappa shape index (κ2) is 3.54. The van der Waals surface area contributed by atoms with Gasteiger partial charge in [0.05, 0.1) is 11.3 Å². The van der Waals surface area contributed by atoms with Crippen LogP contribution in [0.1, 0.15) is 12.6 Å². The van der Waals surface area contributed by atoms with E-state index in [0.29, 0.717) is 11.5 Å². The molecular formula is C11H11NO2. The first-order valence-electron chi connectivity index (χ1n) is 4.54. The number of para-hydroxylation sites is 1. The highest BCUT2D eigenvalue weighted by molar-refractivity contribution is 5.61. The van der Waals surface area contributed by atoms with Gasteiger partial charge in [-0.15, -0.1) is 0 Å². The molecule has 0 spiro atoms. The van der Waals surface area contributed by atoms with Crippen molar-refractivity contribution in [2.45, 2.75) is 13.3 Å². The third-order valence-corrected chi connectivity index (χ3v) is 2.05. The Morgan fingerprint density at radius 1 is 1.36 bits per heavy atom. The average molecular weight is 189 g/mol. The van der Waals surface area contributed by atoms with Crippen LogP contribution in [0.15, 0.2) is 34.9 Å². The smallest absolute Gasteiger partial charge is 0.229 e. The Hall–Kier alpha value is -1.77. The summed E-state index contributed by atoms with van der Waals surface area (Å²) in [7, 11) is 0. The molecule has 0 amide bonds. The summed E-state index contributed by atoms with van der Waals surface area (Å²) in [5.74, 6) is 0.664. The number of hydrogen-bond donors (Lipinski definition) is 1. The molecule has 0 fully saturated rings. The number of hydrogen-bond acceptors (Lipinski definition) is 3. The first kappa shape index (κ1) is 8.81. The number of oxazole rings is 1. The molecule has 3 nitrogen and oxygen atoms in total. The zero-order valence-electron chi connectivity index (χ0n) is 7.90. The van der Waals surface area contributed by atoms with Crippen molar-refractivity contribution < 1.29 is 9.52 Å². The number of nitrogens with zero attached hydrogens (tertiary/aromatic N) is 1. The van der Waals surface area contributed by atoms with Gasteiger partial charge in [-0.2, -0.15) is 0 Å². The van der Waals surface area contributed by atoms with Crippen LogP contribution in [-0.4, -0.2) is 10.1 Å². The van der Waals surface area contributed by atoms with Crippen molar-refractivity contribution in [2.24, 2.45) is 0 Å². The Balaban J connectivity index is 2.44. The molecule has 1 N–H and O–H groups in total. The first-order valence-corrected chi connectivity index (χ1v) is 4.54. The van der Waals surface area contributed by atoms with Crippen molar-refractivity contribution >= 4 is 0 Å². The lowest BCUT2D eigenvalue weighted by atomic mass is 10.2. The Bertz CT molecular complexity index is 434. The molecule has 0 bridgehead atoms. The van der Waals surface area contributed by atoms with Gasteiger partial charge in [0.25, 0.3) is 0 Å². The standard InChI is InChI=1S/C11H11NO2/c1-2-8-7-14-11(12-8)9-5-3-4-6-10(9)13/h3-7,13H,2H2,1H3. The van der Waals surface area contributed by atoms with E-state index in [2.05, 4.69) is 4.98 Å². The van der Waals surface area contributed by atoms with Crippen LogP contribution < -0.4 is 0 Å². The van der Waals surface area contributed by atoms with Gasteiger partial charge in [-0.25, -0.2) is 4.98 Å². The summed E-state index contributed by atoms with van der Waals surface area (Å²) in [5, 5.41) is 9.55. The van der Waals surface area contributed by atoms with Crippen molar-refractivity contribution in [3.05, 3.63) is 36.2 Å². The fourth-order valence-corrected chi connectivity index (χ4v) is 1.25. The molecule has 0 saturated heterocycles. The van der Waals surface area contributed by atoms with Gasteiger partial charge in [0.1, 0.15) is 12.0 Å². The maximum Gasteiger partial charge on any atom is 0.229 e. The SMILES string of the molecule is CCc1coc(-c2ccccc2O)n1. The summed E-state index contributed by atoms with van der Waals surface area (Å²) in [4.78, 5) is 4.23. The minimum absolute atomic E-state index is 0.192. The van der Waals surface area contributed by atoms with Gasteiger partial charge in [0, 0.05) is 0 Å². The molecule has 0 saturated carbocycles. The van der Waals surface area contributed by atoms with E-state index >= 15 is 0 Å². The summed E-state index contributed by atoms with van der Waals surface area (Å²) in [5.41, 5.74) is 1.52. The number of benzene rings is 1. The average Bonchev–Trinajstić information content (AvgIpc) is 2.67. The van der Waals surface area contributed by atoms with E-state index in [1.54, 1.807) is 24.5 Å². The van der Waals surface area contributed by atoms with Crippen LogP contribution in [-0.2, 0) is 6.42 Å². The van der Waals surface area contributed by atoms with Gasteiger partial charge in [0.2, 0.25) is 5.89 Å². The zero-order chi connectivity index (χ0) is 9.97. The van der Waals surface area contributed by atoms with Crippen molar-refractivity contribution in [1.82, 2.24) is 4.98 Å². The first-order chi connectivity index (χ1) is 6.81. The lowest BCUT2D eigenvalue weighted by Crippen LogP contribution is -1.81. The highest BCUT2D eigenvalue weighted by Gasteiger charge is 2.08. The molecule has 0 aliphatic rings. The maximum absolute atomic E-state index is 9.55. The molecule has 0 unspecified atom stereocenters. The van der Waals surface area contributed by atoms with E-state index in [0.717, 1.165) is 12.1 Å². The van der Waals surface area contributed by atoms with Crippen LogP contribution in [0.4, 0.5) is 0 Å². The minimum atomic E-state index is 0.192. The number of phenols is 1. The van der Waals surface area contributed by atoms with Crippen LogP contribution in [0.3, 0.4) is 0 Å². The maximum atomic E-state index is 9.55. The molecule has 0 aliphatic heterocycles. The van der Waals surface area contributed by atoms with Crippen LogP contribution >= 0.6 is 0 Å². The van der Waals surface area contributed by atoms with Crippen LogP contribution in [0.5, 0.6) is 5.75 Å². The zero-order valence-corrected chi connectivity index (χ0v) is 7.90. The molecule has 14 heavy (non-hydrogen) atoms. The quantitative estimate of drug-likeness (QED) is 0.789. The van der Waals surface area contributed by atoms with Gasteiger partial charge in [0.15, 0.2) is 0 Å². The Labute approximate surface area is 82.0 Å². The molecule has 0 atom stereocenters. The molecule has 2 aromatic rings. The third kappa shape index (κ3) is 1.48. The minimum Gasteiger partial charge on any atom is -0.507 e. The number of aromatic nitrogens is 1. The van der Waals surface area contributed by atoms with Gasteiger partial charge < -0.3 is 9.52 Å². The lowest BCUT2D eigenvalue weighted by molar-refractivity contribution is 0.473. The number of aryl methyl sites for hydroxylation is 1. The summed E-state index contributed by atoms with van der Waals surface area (Å²) < 4.78 is 5.25. The second-order valence-corrected chi connectivity index (χ2v) is 3.01. The molecule has 1 heterocycles. The summed E-state index contributed by atoms with van der Waals surface area (Å²) in [6, 6.07) is 7.00. The van der Waals surface area contributed by atoms with E-state index in [1.165, 1.54) is 0 Å². The van der Waals surface area contributed by atoms with E-state index < -0.39 is 0 Å². The molecule has 1 aromatic heterocycles. The van der Waals surface area contributed by atoms with Crippen molar-refractivity contribution in [3.63, 3.8) is 0 Å². The Kier molecular flexibility index (Phi) is 2.23. The second-order valence-electron chi connectivity index (χ2n) is 3.01. The van der Waals surface area contributed by atoms with Gasteiger partial charge in [-0.1, -0.05) is 19.1 Å². The van der Waals surface area contributed by atoms with E-state index in [-0.39, 0.29) is 5.75 Å². The fraction of sp³-hybridized carbons (Fsp3) is 0.182. The Morgan fingerprint density at radius 3 is 2.79 bits per heavy atom. The Morgan fingerprint density at radius 2 is 2.14 bits per heavy atom. The predicted octanol–water partition coefficient (Wildman–Crippen LogP) is 2.61. The summed E-state index contributed by atoms with van der Waals surface area (Å²) in [6.07, 6.45) is 2.44. The molecule has 0 aliphatic carbocycles. The topological polar surface area (TPSA) is 46.3 Å². The van der Waals surface area contributed by atoms with Crippen molar-refractivity contribution in [2.75, 3.05) is 0 Å². The molecule has 2 rings (SSSR count). The summed E-state index contributed by atoms with van der Waals surface area (Å²) in [6.45, 7) is 2.01.